The van der Waals surface area contributed by atoms with Gasteiger partial charge in [0.15, 0.2) is 0 Å². The maximum Gasteiger partial charge on any atom is 0.0998 e. The zero-order valence-corrected chi connectivity index (χ0v) is 31.3. The minimum Gasteiger partial charge on any atom is -0.309 e. The molecule has 11 aromatic carbocycles. The predicted molar refractivity (Wildman–Crippen MR) is 241 cm³/mol. The van der Waals surface area contributed by atoms with E-state index in [1.54, 1.807) is 0 Å². The van der Waals surface area contributed by atoms with Gasteiger partial charge in [-0.2, -0.15) is 10.5 Å². The maximum absolute atomic E-state index is 10.6. The van der Waals surface area contributed by atoms with E-state index in [9.17, 15) is 10.5 Å². The summed E-state index contributed by atoms with van der Waals surface area (Å²) in [6, 6.07) is 72.6. The molecule has 0 radical (unpaired) electrons. The van der Waals surface area contributed by atoms with Gasteiger partial charge in [-0.3, -0.25) is 0 Å². The molecule has 0 saturated carbocycles. The van der Waals surface area contributed by atoms with Gasteiger partial charge >= 0.3 is 0 Å². The summed E-state index contributed by atoms with van der Waals surface area (Å²) in [5, 5.41) is 33.7. The molecule has 0 unspecified atom stereocenters. The van der Waals surface area contributed by atoms with Gasteiger partial charge in [0, 0.05) is 54.5 Å². The molecule has 268 valence electrons. The van der Waals surface area contributed by atoms with Gasteiger partial charge < -0.3 is 9.80 Å². The van der Waals surface area contributed by atoms with E-state index in [2.05, 4.69) is 192 Å². The van der Waals surface area contributed by atoms with E-state index >= 15 is 0 Å². The van der Waals surface area contributed by atoms with Crippen LogP contribution in [0.1, 0.15) is 11.1 Å². The SMILES string of the molecule is N#Cc1ccc2c3c(N(c4ccccc4)c4cccc5ccccc45)ccc4c(C#N)ccc(c5c(N(c6ccccc6)c6cccc7ccccc67)ccc1c25)c43. The van der Waals surface area contributed by atoms with Crippen molar-refractivity contribution in [3.8, 4) is 12.1 Å². The number of anilines is 6. The Bertz CT molecular complexity index is 3240. The molecule has 0 aromatic heterocycles. The Morgan fingerprint density at radius 1 is 0.276 bits per heavy atom. The van der Waals surface area contributed by atoms with Gasteiger partial charge in [0.1, 0.15) is 0 Å². The fourth-order valence-electron chi connectivity index (χ4n) is 9.18. The molecule has 0 fully saturated rings. The Labute approximate surface area is 335 Å². The lowest BCUT2D eigenvalue weighted by Gasteiger charge is -2.31. The van der Waals surface area contributed by atoms with Crippen molar-refractivity contribution in [3.63, 3.8) is 0 Å². The van der Waals surface area contributed by atoms with Crippen molar-refractivity contribution in [2.24, 2.45) is 0 Å². The topological polar surface area (TPSA) is 54.1 Å². The van der Waals surface area contributed by atoms with Gasteiger partial charge in [0.25, 0.3) is 0 Å². The van der Waals surface area contributed by atoms with Crippen LogP contribution in [0.15, 0.2) is 194 Å². The van der Waals surface area contributed by atoms with Gasteiger partial charge in [-0.1, -0.05) is 133 Å². The summed E-state index contributed by atoms with van der Waals surface area (Å²) in [6.07, 6.45) is 0. The molecule has 0 aliphatic heterocycles. The van der Waals surface area contributed by atoms with Crippen molar-refractivity contribution in [2.75, 3.05) is 9.80 Å². The first-order valence-electron chi connectivity index (χ1n) is 19.4. The Morgan fingerprint density at radius 2 is 0.655 bits per heavy atom. The first-order valence-corrected chi connectivity index (χ1v) is 19.4. The summed E-state index contributed by atoms with van der Waals surface area (Å²) in [7, 11) is 0. The summed E-state index contributed by atoms with van der Waals surface area (Å²) >= 11 is 0. The van der Waals surface area contributed by atoms with E-state index in [1.807, 2.05) is 24.3 Å². The van der Waals surface area contributed by atoms with Gasteiger partial charge in [-0.05, 0) is 82.2 Å². The third-order valence-corrected chi connectivity index (χ3v) is 11.6. The molecule has 0 bridgehead atoms. The predicted octanol–water partition coefficient (Wildman–Crippen LogP) is 14.7. The summed E-state index contributed by atoms with van der Waals surface area (Å²) in [5.74, 6) is 0. The standard InChI is InChI=1S/C54H32N4/c55-33-37-26-28-46-51-43(37)29-31-49(57(39-17-3-1-4-18-39)47-23-11-15-35-13-7-9-21-41(35)47)53(51)45-27-25-38(34-56)44-30-32-50(54(46)52(44)45)58(40-19-5-2-6-20-40)48-24-12-16-36-14-8-10-22-42(36)48/h1-32H. The second kappa shape index (κ2) is 13.2. The van der Waals surface area contributed by atoms with Gasteiger partial charge in [0.05, 0.1) is 46.0 Å². The quantitative estimate of drug-likeness (QED) is 0.126. The number of nitrogens with zero attached hydrogens (tertiary/aromatic N) is 4. The minimum atomic E-state index is 0.614. The lowest BCUT2D eigenvalue weighted by Crippen LogP contribution is -2.12. The highest BCUT2D eigenvalue weighted by Gasteiger charge is 2.27. The number of nitriles is 2. The molecular formula is C54H32N4. The van der Waals surface area contributed by atoms with Gasteiger partial charge in [-0.25, -0.2) is 0 Å². The van der Waals surface area contributed by atoms with Crippen LogP contribution < -0.4 is 9.80 Å². The summed E-state index contributed by atoms with van der Waals surface area (Å²) < 4.78 is 0. The van der Waals surface area contributed by atoms with Crippen LogP contribution in [0.25, 0.3) is 64.6 Å². The second-order valence-corrected chi connectivity index (χ2v) is 14.6. The highest BCUT2D eigenvalue weighted by atomic mass is 15.2. The number of benzene rings is 11. The average molecular weight is 737 g/mol. The first kappa shape index (κ1) is 33.2. The number of hydrogen-bond acceptors (Lipinski definition) is 4. The van der Waals surface area contributed by atoms with Crippen LogP contribution in [0.3, 0.4) is 0 Å². The van der Waals surface area contributed by atoms with Crippen LogP contribution in [0, 0.1) is 22.7 Å². The monoisotopic (exact) mass is 736 g/mol. The molecule has 0 aliphatic carbocycles. The van der Waals surface area contributed by atoms with Crippen LogP contribution in [0.5, 0.6) is 0 Å². The van der Waals surface area contributed by atoms with Crippen molar-refractivity contribution in [3.05, 3.63) is 205 Å². The minimum absolute atomic E-state index is 0.614. The van der Waals surface area contributed by atoms with Crippen molar-refractivity contribution in [1.82, 2.24) is 0 Å². The van der Waals surface area contributed by atoms with Gasteiger partial charge in [0.2, 0.25) is 0 Å². The van der Waals surface area contributed by atoms with E-state index in [0.717, 1.165) is 98.8 Å². The Kier molecular flexibility index (Phi) is 7.58. The molecule has 0 N–H and O–H groups in total. The smallest absolute Gasteiger partial charge is 0.0998 e. The van der Waals surface area contributed by atoms with Crippen molar-refractivity contribution < 1.29 is 0 Å². The Balaban J connectivity index is 1.34. The van der Waals surface area contributed by atoms with Crippen LogP contribution in [-0.2, 0) is 0 Å². The highest BCUT2D eigenvalue weighted by molar-refractivity contribution is 6.39. The Morgan fingerprint density at radius 3 is 1.09 bits per heavy atom. The van der Waals surface area contributed by atoms with E-state index < -0.39 is 0 Å². The average Bonchev–Trinajstić information content (AvgIpc) is 3.29. The third kappa shape index (κ3) is 4.93. The largest absolute Gasteiger partial charge is 0.309 e. The van der Waals surface area contributed by atoms with Crippen molar-refractivity contribution in [1.29, 1.82) is 10.5 Å². The maximum atomic E-state index is 10.6. The molecule has 4 nitrogen and oxygen atoms in total. The highest BCUT2D eigenvalue weighted by Crippen LogP contribution is 2.53. The molecule has 58 heavy (non-hydrogen) atoms. The molecule has 0 spiro atoms. The number of rotatable bonds is 6. The third-order valence-electron chi connectivity index (χ3n) is 11.6. The van der Waals surface area contributed by atoms with E-state index in [1.165, 1.54) is 0 Å². The lowest BCUT2D eigenvalue weighted by molar-refractivity contribution is 1.31. The number of hydrogen-bond donors (Lipinski definition) is 0. The normalized spacial score (nSPS) is 11.4. The molecule has 0 saturated heterocycles. The summed E-state index contributed by atoms with van der Waals surface area (Å²) in [6.45, 7) is 0. The second-order valence-electron chi connectivity index (χ2n) is 14.6. The molecule has 11 aromatic rings. The molecular weight excluding hydrogens is 705 g/mol. The molecule has 0 amide bonds. The molecule has 11 rings (SSSR count). The summed E-state index contributed by atoms with van der Waals surface area (Å²) in [4.78, 5) is 4.70. The lowest BCUT2D eigenvalue weighted by atomic mass is 9.85. The zero-order valence-electron chi connectivity index (χ0n) is 31.3. The van der Waals surface area contributed by atoms with E-state index in [-0.39, 0.29) is 0 Å². The first-order chi connectivity index (χ1) is 28.7. The Hall–Kier alpha value is -8.18. The molecule has 0 heterocycles. The number of para-hydroxylation sites is 2. The van der Waals surface area contributed by atoms with Crippen LogP contribution in [0.2, 0.25) is 0 Å². The zero-order chi connectivity index (χ0) is 38.7. The van der Waals surface area contributed by atoms with Gasteiger partial charge in [-0.15, -0.1) is 0 Å². The fourth-order valence-corrected chi connectivity index (χ4v) is 9.18. The molecule has 0 aliphatic rings. The van der Waals surface area contributed by atoms with Crippen molar-refractivity contribution in [2.45, 2.75) is 0 Å². The van der Waals surface area contributed by atoms with Crippen LogP contribution >= 0.6 is 0 Å². The fraction of sp³-hybridized carbons (Fsp3) is 0. The van der Waals surface area contributed by atoms with E-state index in [4.69, 9.17) is 0 Å². The number of fused-ring (bicyclic) bond motifs is 4. The van der Waals surface area contributed by atoms with Crippen LogP contribution in [0.4, 0.5) is 34.1 Å². The van der Waals surface area contributed by atoms with Crippen molar-refractivity contribution >= 4 is 98.8 Å². The molecule has 0 atom stereocenters. The van der Waals surface area contributed by atoms with E-state index in [0.29, 0.717) is 11.1 Å². The van der Waals surface area contributed by atoms with Crippen LogP contribution in [-0.4, -0.2) is 0 Å². The molecule has 4 heteroatoms. The summed E-state index contributed by atoms with van der Waals surface area (Å²) in [5.41, 5.74) is 7.34.